The van der Waals surface area contributed by atoms with Gasteiger partial charge in [-0.1, -0.05) is 279 Å². The van der Waals surface area contributed by atoms with Gasteiger partial charge in [0.15, 0.2) is 0 Å². The third-order valence-corrected chi connectivity index (χ3v) is 18.4. The van der Waals surface area contributed by atoms with E-state index in [-0.39, 0.29) is 0 Å². The summed E-state index contributed by atoms with van der Waals surface area (Å²) in [7, 11) is 4.54. The van der Waals surface area contributed by atoms with Crippen LogP contribution in [-0.2, 0) is 10.8 Å². The summed E-state index contributed by atoms with van der Waals surface area (Å²) in [6, 6.07) is 114. The summed E-state index contributed by atoms with van der Waals surface area (Å²) in [5.41, 5.74) is 20.8. The first-order valence-corrected chi connectivity index (χ1v) is 28.6. The van der Waals surface area contributed by atoms with Gasteiger partial charge < -0.3 is 9.80 Å². The zero-order chi connectivity index (χ0) is 54.5. The number of fused-ring (bicyclic) bond motifs is 8. The fourth-order valence-corrected chi connectivity index (χ4v) is 15.1. The molecular weight excluding hydrogens is 989 g/mol. The van der Waals surface area contributed by atoms with Gasteiger partial charge in [-0.05, 0) is 134 Å². The fourth-order valence-electron chi connectivity index (χ4n) is 15.1. The second kappa shape index (κ2) is 18.7. The lowest BCUT2D eigenvalue weighted by Gasteiger charge is -2.46. The van der Waals surface area contributed by atoms with E-state index >= 15 is 0 Å². The van der Waals surface area contributed by atoms with Gasteiger partial charge in [0.2, 0.25) is 0 Å². The zero-order valence-electron chi connectivity index (χ0n) is 45.8. The largest absolute Gasteiger partial charge is 0.344 e. The number of nitrogens with zero attached hydrogens (tertiary/aromatic N) is 2. The fraction of sp³-hybridized carbons (Fsp3) is 0.0500. The minimum atomic E-state index is -0.611. The molecule has 0 aliphatic carbocycles. The van der Waals surface area contributed by atoms with E-state index in [0.717, 1.165) is 0 Å². The van der Waals surface area contributed by atoms with Crippen LogP contribution >= 0.6 is 0 Å². The number of hydrogen-bond donors (Lipinski definition) is 0. The molecule has 0 aromatic heterocycles. The van der Waals surface area contributed by atoms with E-state index in [0.29, 0.717) is 0 Å². The van der Waals surface area contributed by atoms with Crippen LogP contribution in [0, 0.1) is 0 Å². The van der Waals surface area contributed by atoms with Crippen molar-refractivity contribution in [2.45, 2.75) is 10.8 Å². The Hall–Kier alpha value is -10.3. The van der Waals surface area contributed by atoms with Gasteiger partial charge in [-0.15, -0.1) is 0 Å². The summed E-state index contributed by atoms with van der Waals surface area (Å²) >= 11 is 0. The smallest absolute Gasteiger partial charge is 0.0742 e. The van der Waals surface area contributed by atoms with Crippen LogP contribution in [0.5, 0.6) is 0 Å². The monoisotopic (exact) mass is 1040 g/mol. The topological polar surface area (TPSA) is 6.48 Å². The third kappa shape index (κ3) is 6.70. The molecule has 2 nitrogen and oxygen atoms in total. The van der Waals surface area contributed by atoms with Gasteiger partial charge in [0, 0.05) is 36.6 Å². The van der Waals surface area contributed by atoms with Crippen molar-refractivity contribution in [3.05, 3.63) is 348 Å². The van der Waals surface area contributed by atoms with E-state index in [4.69, 9.17) is 0 Å². The molecule has 2 heterocycles. The molecule has 0 saturated carbocycles. The molecular formula is C80H56N2. The van der Waals surface area contributed by atoms with Gasteiger partial charge in [-0.2, -0.15) is 0 Å². The van der Waals surface area contributed by atoms with Gasteiger partial charge in [-0.25, -0.2) is 0 Å². The third-order valence-electron chi connectivity index (χ3n) is 18.4. The highest BCUT2D eigenvalue weighted by molar-refractivity contribution is 6.26. The standard InChI is InChI=1S/C80H56N2/c1-81-73-49-21-19-45-69(73)79(55-29-7-3-8-30-55,56-31-9-4-10-32-56)71-47-25-43-65(77(71)81)61-39-23-41-63-67(61)52-68-62(40-24-42-64(68)76(63)75-59-37-17-15-27-53(59)51-54-28-16-18-38-60(54)75)66-44-26-48-72-78(66)82(2)74-50-22-20-46-70(74)80(72,57-33-11-5-12-34-57)58-35-13-6-14-36-58/h3-52H,1-2H3. The molecule has 2 aliphatic heterocycles. The number of anilines is 4. The first-order valence-electron chi connectivity index (χ1n) is 28.6. The average molecular weight is 1050 g/mol. The molecule has 386 valence electrons. The molecule has 2 aliphatic rings. The Morgan fingerprint density at radius 1 is 0.232 bits per heavy atom. The molecule has 0 spiro atoms. The first kappa shape index (κ1) is 47.7. The Morgan fingerprint density at radius 2 is 0.537 bits per heavy atom. The maximum absolute atomic E-state index is 2.54. The number of hydrogen-bond acceptors (Lipinski definition) is 2. The predicted molar refractivity (Wildman–Crippen MR) is 346 cm³/mol. The Bertz CT molecular complexity index is 4450. The summed E-state index contributed by atoms with van der Waals surface area (Å²) in [4.78, 5) is 4.93. The SMILES string of the molecule is CN1c2ccccc2C(c2ccccc2)(c2ccccc2)c2cccc(-c3cccc4c(-c5c6ccccc6cc6ccccc56)c5cccc(-c6cccc7c6N(C)c6ccccc6C7(c6ccccc6)c6ccccc6)c5cc34)c21. The van der Waals surface area contributed by atoms with Gasteiger partial charge in [-0.3, -0.25) is 0 Å². The van der Waals surface area contributed by atoms with Crippen molar-refractivity contribution < 1.29 is 0 Å². The van der Waals surface area contributed by atoms with Gasteiger partial charge in [0.25, 0.3) is 0 Å². The second-order valence-electron chi connectivity index (χ2n) is 22.3. The quantitative estimate of drug-likeness (QED) is 0.147. The van der Waals surface area contributed by atoms with Crippen molar-refractivity contribution in [2.24, 2.45) is 0 Å². The Balaban J connectivity index is 1.05. The highest BCUT2D eigenvalue weighted by atomic mass is 15.1. The van der Waals surface area contributed by atoms with Crippen LogP contribution in [-0.4, -0.2) is 14.1 Å². The van der Waals surface area contributed by atoms with Crippen LogP contribution in [0.2, 0.25) is 0 Å². The second-order valence-corrected chi connectivity index (χ2v) is 22.3. The molecule has 0 unspecified atom stereocenters. The van der Waals surface area contributed by atoms with Crippen LogP contribution in [0.15, 0.2) is 303 Å². The molecule has 16 rings (SSSR count). The average Bonchev–Trinajstić information content (AvgIpc) is 2.56. The van der Waals surface area contributed by atoms with E-state index in [1.165, 1.54) is 144 Å². The molecule has 0 bridgehead atoms. The van der Waals surface area contributed by atoms with Crippen molar-refractivity contribution in [2.75, 3.05) is 23.9 Å². The lowest BCUT2D eigenvalue weighted by Crippen LogP contribution is -2.38. The molecule has 0 amide bonds. The number of benzene rings is 14. The Morgan fingerprint density at radius 3 is 0.951 bits per heavy atom. The molecule has 0 atom stereocenters. The van der Waals surface area contributed by atoms with Crippen LogP contribution in [0.25, 0.3) is 76.5 Å². The highest BCUT2D eigenvalue weighted by Gasteiger charge is 2.48. The van der Waals surface area contributed by atoms with Crippen LogP contribution < -0.4 is 9.80 Å². The summed E-state index contributed by atoms with van der Waals surface area (Å²) in [6.07, 6.45) is 0. The summed E-state index contributed by atoms with van der Waals surface area (Å²) in [6.45, 7) is 0. The summed E-state index contributed by atoms with van der Waals surface area (Å²) < 4.78 is 0. The van der Waals surface area contributed by atoms with Crippen LogP contribution in [0.4, 0.5) is 22.7 Å². The van der Waals surface area contributed by atoms with Crippen molar-refractivity contribution in [1.29, 1.82) is 0 Å². The van der Waals surface area contributed by atoms with E-state index in [9.17, 15) is 0 Å². The number of rotatable bonds is 7. The highest BCUT2D eigenvalue weighted by Crippen LogP contribution is 2.61. The van der Waals surface area contributed by atoms with Crippen molar-refractivity contribution >= 4 is 65.8 Å². The van der Waals surface area contributed by atoms with E-state index in [1.54, 1.807) is 0 Å². The van der Waals surface area contributed by atoms with Gasteiger partial charge >= 0.3 is 0 Å². The maximum atomic E-state index is 2.54. The van der Waals surface area contributed by atoms with Crippen molar-refractivity contribution in [1.82, 2.24) is 0 Å². The van der Waals surface area contributed by atoms with Gasteiger partial charge in [0.05, 0.1) is 22.2 Å². The van der Waals surface area contributed by atoms with E-state index < -0.39 is 10.8 Å². The Labute approximate surface area is 479 Å². The molecule has 0 radical (unpaired) electrons. The Kier molecular flexibility index (Phi) is 10.9. The molecule has 14 aromatic carbocycles. The minimum Gasteiger partial charge on any atom is -0.344 e. The molecule has 0 N–H and O–H groups in total. The van der Waals surface area contributed by atoms with E-state index in [1.807, 2.05) is 0 Å². The predicted octanol–water partition coefficient (Wildman–Crippen LogP) is 20.2. The summed E-state index contributed by atoms with van der Waals surface area (Å²) in [5.74, 6) is 0. The van der Waals surface area contributed by atoms with Crippen molar-refractivity contribution in [3.63, 3.8) is 0 Å². The first-order chi connectivity index (χ1) is 40.6. The normalized spacial score (nSPS) is 13.9. The lowest BCUT2D eigenvalue weighted by atomic mass is 9.62. The molecule has 14 aromatic rings. The van der Waals surface area contributed by atoms with Gasteiger partial charge in [0.1, 0.15) is 0 Å². The van der Waals surface area contributed by atoms with Crippen LogP contribution in [0.3, 0.4) is 0 Å². The lowest BCUT2D eigenvalue weighted by molar-refractivity contribution is 0.728. The van der Waals surface area contributed by atoms with Crippen LogP contribution in [0.1, 0.15) is 44.5 Å². The maximum Gasteiger partial charge on any atom is 0.0742 e. The summed E-state index contributed by atoms with van der Waals surface area (Å²) in [5, 5.41) is 9.74. The molecule has 82 heavy (non-hydrogen) atoms. The zero-order valence-corrected chi connectivity index (χ0v) is 45.8. The van der Waals surface area contributed by atoms with Crippen molar-refractivity contribution in [3.8, 4) is 33.4 Å². The molecule has 0 fully saturated rings. The number of para-hydroxylation sites is 4. The van der Waals surface area contributed by atoms with E-state index in [2.05, 4.69) is 327 Å². The minimum absolute atomic E-state index is 0.611. The molecule has 2 heteroatoms. The molecule has 0 saturated heterocycles.